The summed E-state index contributed by atoms with van der Waals surface area (Å²) in [6.45, 7) is 8.42. The highest BCUT2D eigenvalue weighted by Gasteiger charge is 2.17. The van der Waals surface area contributed by atoms with Gasteiger partial charge in [0.05, 0.1) is 5.69 Å². The van der Waals surface area contributed by atoms with Crippen LogP contribution < -0.4 is 10.1 Å². The van der Waals surface area contributed by atoms with Gasteiger partial charge in [-0.15, -0.1) is 0 Å². The second-order valence-corrected chi connectivity index (χ2v) is 5.49. The Bertz CT molecular complexity index is 635. The predicted octanol–water partition coefficient (Wildman–Crippen LogP) is 3.47. The van der Waals surface area contributed by atoms with Crippen LogP contribution in [0.5, 0.6) is 11.5 Å². The van der Waals surface area contributed by atoms with Gasteiger partial charge >= 0.3 is 0 Å². The van der Waals surface area contributed by atoms with E-state index in [9.17, 15) is 4.39 Å². The van der Waals surface area contributed by atoms with Gasteiger partial charge in [-0.25, -0.2) is 4.39 Å². The van der Waals surface area contributed by atoms with Crippen LogP contribution in [0.1, 0.15) is 30.8 Å². The molecule has 0 aliphatic rings. The molecule has 5 heteroatoms. The monoisotopic (exact) mass is 291 g/mol. The van der Waals surface area contributed by atoms with Gasteiger partial charge in [-0.2, -0.15) is 5.10 Å². The zero-order chi connectivity index (χ0) is 15.6. The smallest absolute Gasteiger partial charge is 0.171 e. The third-order valence-corrected chi connectivity index (χ3v) is 3.40. The lowest BCUT2D eigenvalue weighted by molar-refractivity contribution is 0.426. The Morgan fingerprint density at radius 2 is 2.00 bits per heavy atom. The molecular weight excluding hydrogens is 269 g/mol. The number of hydrogen-bond acceptors (Lipinski definition) is 3. The van der Waals surface area contributed by atoms with Crippen molar-refractivity contribution in [1.29, 1.82) is 0 Å². The molecular formula is C16H22FN3O. The van der Waals surface area contributed by atoms with Crippen LogP contribution in [0.4, 0.5) is 4.39 Å². The number of rotatable bonds is 5. The van der Waals surface area contributed by atoms with Gasteiger partial charge in [-0.1, -0.05) is 26.0 Å². The predicted molar refractivity (Wildman–Crippen MR) is 81.1 cm³/mol. The molecule has 0 aliphatic carbocycles. The average molecular weight is 291 g/mol. The highest BCUT2D eigenvalue weighted by atomic mass is 19.1. The van der Waals surface area contributed by atoms with Gasteiger partial charge in [0, 0.05) is 25.2 Å². The number of nitrogens with zero attached hydrogens (tertiary/aromatic N) is 2. The fraction of sp³-hybridized carbons (Fsp3) is 0.438. The van der Waals surface area contributed by atoms with Crippen LogP contribution in [0, 0.1) is 19.7 Å². The van der Waals surface area contributed by atoms with Gasteiger partial charge in [-0.05, 0) is 19.9 Å². The molecule has 0 bridgehead atoms. The van der Waals surface area contributed by atoms with Crippen molar-refractivity contribution in [1.82, 2.24) is 15.1 Å². The molecule has 1 N–H and O–H groups in total. The fourth-order valence-electron chi connectivity index (χ4n) is 2.13. The van der Waals surface area contributed by atoms with E-state index >= 15 is 0 Å². The van der Waals surface area contributed by atoms with Crippen LogP contribution in [0.15, 0.2) is 18.2 Å². The number of aromatic nitrogens is 2. The minimum atomic E-state index is -0.360. The standard InChI is InChI=1S/C16H22FN3O/c1-10(2)18-9-13-7-6-8-14(17)16(13)21-15-11(3)19-20(5)12(15)4/h6-8,10,18H,9H2,1-5H3. The Morgan fingerprint density at radius 1 is 1.29 bits per heavy atom. The van der Waals surface area contributed by atoms with Gasteiger partial charge in [0.15, 0.2) is 17.3 Å². The minimum absolute atomic E-state index is 0.268. The number of aryl methyl sites for hydroxylation is 2. The summed E-state index contributed by atoms with van der Waals surface area (Å²) in [6.07, 6.45) is 0. The Balaban J connectivity index is 2.34. The zero-order valence-corrected chi connectivity index (χ0v) is 13.2. The SMILES string of the molecule is Cc1nn(C)c(C)c1Oc1c(F)cccc1CNC(C)C. The fourth-order valence-corrected chi connectivity index (χ4v) is 2.13. The molecule has 0 saturated carbocycles. The Hall–Kier alpha value is -1.88. The number of para-hydroxylation sites is 1. The van der Waals surface area contributed by atoms with Crippen LogP contribution in [-0.4, -0.2) is 15.8 Å². The van der Waals surface area contributed by atoms with Gasteiger partial charge in [0.25, 0.3) is 0 Å². The van der Waals surface area contributed by atoms with Crippen LogP contribution in [0.2, 0.25) is 0 Å². The number of ether oxygens (including phenoxy) is 1. The zero-order valence-electron chi connectivity index (χ0n) is 13.2. The topological polar surface area (TPSA) is 39.1 Å². The lowest BCUT2D eigenvalue weighted by Crippen LogP contribution is -2.22. The van der Waals surface area contributed by atoms with E-state index in [1.54, 1.807) is 10.7 Å². The molecule has 0 unspecified atom stereocenters. The van der Waals surface area contributed by atoms with E-state index in [0.29, 0.717) is 18.3 Å². The molecule has 21 heavy (non-hydrogen) atoms. The van der Waals surface area contributed by atoms with Crippen molar-refractivity contribution < 1.29 is 9.13 Å². The normalized spacial score (nSPS) is 11.2. The maximum atomic E-state index is 14.2. The third kappa shape index (κ3) is 3.42. The van der Waals surface area contributed by atoms with Gasteiger partial charge < -0.3 is 10.1 Å². The van der Waals surface area contributed by atoms with Crippen molar-refractivity contribution in [3.8, 4) is 11.5 Å². The lowest BCUT2D eigenvalue weighted by atomic mass is 10.1. The summed E-state index contributed by atoms with van der Waals surface area (Å²) >= 11 is 0. The number of halogens is 1. The molecule has 1 aromatic heterocycles. The van der Waals surface area contributed by atoms with Gasteiger partial charge in [-0.3, -0.25) is 4.68 Å². The largest absolute Gasteiger partial charge is 0.450 e. The van der Waals surface area contributed by atoms with Gasteiger partial charge in [0.2, 0.25) is 0 Å². The molecule has 0 saturated heterocycles. The number of hydrogen-bond donors (Lipinski definition) is 1. The molecule has 0 spiro atoms. The van der Waals surface area contributed by atoms with Crippen molar-refractivity contribution in [3.63, 3.8) is 0 Å². The Labute approximate surface area is 124 Å². The summed E-state index contributed by atoms with van der Waals surface area (Å²) in [4.78, 5) is 0. The first kappa shape index (κ1) is 15.5. The molecule has 0 amide bonds. The average Bonchev–Trinajstić information content (AvgIpc) is 2.65. The lowest BCUT2D eigenvalue weighted by Gasteiger charge is -2.14. The van der Waals surface area contributed by atoms with E-state index in [-0.39, 0.29) is 11.6 Å². The molecule has 2 rings (SSSR count). The summed E-state index contributed by atoms with van der Waals surface area (Å²) in [6, 6.07) is 5.30. The molecule has 4 nitrogen and oxygen atoms in total. The van der Waals surface area contributed by atoms with Crippen LogP contribution in [0.25, 0.3) is 0 Å². The first-order chi connectivity index (χ1) is 9.90. The van der Waals surface area contributed by atoms with Crippen LogP contribution >= 0.6 is 0 Å². The summed E-state index contributed by atoms with van der Waals surface area (Å²) in [5, 5.41) is 7.58. The summed E-state index contributed by atoms with van der Waals surface area (Å²) in [5.41, 5.74) is 2.42. The summed E-state index contributed by atoms with van der Waals surface area (Å²) in [5.74, 6) is 0.527. The molecule has 0 fully saturated rings. The van der Waals surface area contributed by atoms with Crippen LogP contribution in [-0.2, 0) is 13.6 Å². The second kappa shape index (κ2) is 6.26. The van der Waals surface area contributed by atoms with Crippen molar-refractivity contribution >= 4 is 0 Å². The van der Waals surface area contributed by atoms with Crippen molar-refractivity contribution in [3.05, 3.63) is 41.0 Å². The van der Waals surface area contributed by atoms with Crippen molar-refractivity contribution in [2.75, 3.05) is 0 Å². The maximum absolute atomic E-state index is 14.2. The highest BCUT2D eigenvalue weighted by Crippen LogP contribution is 2.32. The number of nitrogens with one attached hydrogen (secondary N) is 1. The van der Waals surface area contributed by atoms with Gasteiger partial charge in [0.1, 0.15) is 5.69 Å². The minimum Gasteiger partial charge on any atom is -0.450 e. The van der Waals surface area contributed by atoms with E-state index in [1.807, 2.05) is 27.0 Å². The molecule has 114 valence electrons. The summed E-state index contributed by atoms with van der Waals surface area (Å²) < 4.78 is 21.7. The molecule has 1 heterocycles. The highest BCUT2D eigenvalue weighted by molar-refractivity contribution is 5.42. The second-order valence-electron chi connectivity index (χ2n) is 5.49. The van der Waals surface area contributed by atoms with Crippen molar-refractivity contribution in [2.45, 2.75) is 40.3 Å². The summed E-state index contributed by atoms with van der Waals surface area (Å²) in [7, 11) is 1.85. The molecule has 0 atom stereocenters. The Morgan fingerprint density at radius 3 is 2.57 bits per heavy atom. The molecule has 2 aromatic rings. The molecule has 0 radical (unpaired) electrons. The molecule has 0 aliphatic heterocycles. The van der Waals surface area contributed by atoms with E-state index in [2.05, 4.69) is 24.3 Å². The van der Waals surface area contributed by atoms with Crippen molar-refractivity contribution in [2.24, 2.45) is 7.05 Å². The first-order valence-electron chi connectivity index (χ1n) is 7.09. The van der Waals surface area contributed by atoms with E-state index < -0.39 is 0 Å². The molecule has 1 aromatic carbocycles. The first-order valence-corrected chi connectivity index (χ1v) is 7.09. The third-order valence-electron chi connectivity index (χ3n) is 3.40. The number of benzene rings is 1. The van der Waals surface area contributed by atoms with Crippen LogP contribution in [0.3, 0.4) is 0 Å². The Kier molecular flexibility index (Phi) is 4.63. The van der Waals surface area contributed by atoms with E-state index in [1.165, 1.54) is 6.07 Å². The van der Waals surface area contributed by atoms with E-state index in [4.69, 9.17) is 4.74 Å². The quantitative estimate of drug-likeness (QED) is 0.917. The maximum Gasteiger partial charge on any atom is 0.171 e. The van der Waals surface area contributed by atoms with E-state index in [0.717, 1.165) is 17.0 Å².